The third-order valence-corrected chi connectivity index (χ3v) is 6.63. The van der Waals surface area contributed by atoms with Crippen LogP contribution in [0, 0.1) is 6.92 Å². The van der Waals surface area contributed by atoms with Gasteiger partial charge in [0.15, 0.2) is 21.6 Å². The molecule has 1 aromatic heterocycles. The first kappa shape index (κ1) is 22.2. The van der Waals surface area contributed by atoms with Crippen molar-refractivity contribution >= 4 is 42.4 Å². The molecule has 30 heavy (non-hydrogen) atoms. The fourth-order valence-corrected chi connectivity index (χ4v) is 4.74. The third kappa shape index (κ3) is 5.35. The van der Waals surface area contributed by atoms with Crippen LogP contribution in [0.5, 0.6) is 5.75 Å². The number of hydrogen-bond acceptors (Lipinski definition) is 7. The molecular formula is C21H25N3O4S2. The average molecular weight is 448 g/mol. The Kier molecular flexibility index (Phi) is 6.74. The number of para-hydroxylation sites is 1. The number of benzene rings is 2. The highest BCUT2D eigenvalue weighted by atomic mass is 32.2. The number of hydrogen-bond donors (Lipinski definition) is 0. The second-order valence-electron chi connectivity index (χ2n) is 7.32. The van der Waals surface area contributed by atoms with E-state index in [1.165, 1.54) is 17.4 Å². The lowest BCUT2D eigenvalue weighted by Gasteiger charge is -2.22. The Labute approximate surface area is 180 Å². The highest BCUT2D eigenvalue weighted by Gasteiger charge is 2.23. The smallest absolute Gasteiger partial charge is 0.266 e. The number of fused-ring (bicyclic) bond motifs is 1. The van der Waals surface area contributed by atoms with Crippen molar-refractivity contribution < 1.29 is 17.9 Å². The molecule has 0 aliphatic heterocycles. The van der Waals surface area contributed by atoms with Crippen LogP contribution in [0.4, 0.5) is 5.13 Å². The Balaban J connectivity index is 1.89. The van der Waals surface area contributed by atoms with Gasteiger partial charge in [0.05, 0.1) is 9.60 Å². The molecule has 160 valence electrons. The molecule has 3 aromatic rings. The van der Waals surface area contributed by atoms with Gasteiger partial charge in [0.25, 0.3) is 5.91 Å². The van der Waals surface area contributed by atoms with E-state index in [4.69, 9.17) is 4.74 Å². The summed E-state index contributed by atoms with van der Waals surface area (Å²) in [6, 6.07) is 12.5. The van der Waals surface area contributed by atoms with Crippen molar-refractivity contribution in [3.8, 4) is 5.75 Å². The molecule has 0 unspecified atom stereocenters. The Morgan fingerprint density at radius 1 is 1.10 bits per heavy atom. The van der Waals surface area contributed by atoms with E-state index in [-0.39, 0.29) is 17.4 Å². The molecule has 0 spiro atoms. The standard InChI is InChI=1S/C21H25N3O4S2/c1-15-8-10-16(11-9-15)28-14-19(25)24(13-12-23(2)3)21-22-20-17(29-21)6-5-7-18(20)30(4,26)27/h5-11H,12-14H2,1-4H3. The molecule has 0 saturated carbocycles. The van der Waals surface area contributed by atoms with Gasteiger partial charge in [-0.3, -0.25) is 9.69 Å². The van der Waals surface area contributed by atoms with Gasteiger partial charge in [-0.25, -0.2) is 13.4 Å². The summed E-state index contributed by atoms with van der Waals surface area (Å²) in [6.45, 7) is 2.89. The second kappa shape index (κ2) is 9.11. The predicted octanol–water partition coefficient (Wildman–Crippen LogP) is 2.98. The van der Waals surface area contributed by atoms with Crippen LogP contribution in [-0.4, -0.2) is 64.3 Å². The molecular weight excluding hydrogens is 422 g/mol. The molecule has 9 heteroatoms. The SMILES string of the molecule is Cc1ccc(OCC(=O)N(CCN(C)C)c2nc3c(S(C)(=O)=O)cccc3s2)cc1. The molecule has 3 rings (SSSR count). The normalized spacial score (nSPS) is 11.8. The first-order valence-electron chi connectivity index (χ1n) is 9.39. The van der Waals surface area contributed by atoms with Crippen LogP contribution < -0.4 is 9.64 Å². The summed E-state index contributed by atoms with van der Waals surface area (Å²) >= 11 is 1.29. The first-order chi connectivity index (χ1) is 14.1. The van der Waals surface area contributed by atoms with E-state index in [1.54, 1.807) is 11.0 Å². The van der Waals surface area contributed by atoms with Crippen LogP contribution in [0.15, 0.2) is 47.4 Å². The topological polar surface area (TPSA) is 79.8 Å². The molecule has 1 amide bonds. The van der Waals surface area contributed by atoms with E-state index in [9.17, 15) is 13.2 Å². The van der Waals surface area contributed by atoms with Crippen molar-refractivity contribution in [3.05, 3.63) is 48.0 Å². The molecule has 1 heterocycles. The minimum Gasteiger partial charge on any atom is -0.484 e. The highest BCUT2D eigenvalue weighted by molar-refractivity contribution is 7.91. The van der Waals surface area contributed by atoms with Crippen LogP contribution in [0.1, 0.15) is 5.56 Å². The lowest BCUT2D eigenvalue weighted by Crippen LogP contribution is -2.39. The maximum atomic E-state index is 13.0. The maximum absolute atomic E-state index is 13.0. The molecule has 0 fully saturated rings. The van der Waals surface area contributed by atoms with Gasteiger partial charge in [-0.15, -0.1) is 0 Å². The summed E-state index contributed by atoms with van der Waals surface area (Å²) in [7, 11) is 0.415. The summed E-state index contributed by atoms with van der Waals surface area (Å²) < 4.78 is 30.6. The third-order valence-electron chi connectivity index (χ3n) is 4.46. The Morgan fingerprint density at radius 3 is 2.43 bits per heavy atom. The maximum Gasteiger partial charge on any atom is 0.266 e. The van der Waals surface area contributed by atoms with Crippen molar-refractivity contribution in [2.45, 2.75) is 11.8 Å². The van der Waals surface area contributed by atoms with Gasteiger partial charge >= 0.3 is 0 Å². The Hall–Kier alpha value is -2.49. The molecule has 2 aromatic carbocycles. The van der Waals surface area contributed by atoms with Crippen molar-refractivity contribution in [2.75, 3.05) is 44.9 Å². The molecule has 0 atom stereocenters. The molecule has 0 saturated heterocycles. The second-order valence-corrected chi connectivity index (χ2v) is 10.3. The fraction of sp³-hybridized carbons (Fsp3) is 0.333. The van der Waals surface area contributed by atoms with Crippen molar-refractivity contribution in [2.24, 2.45) is 0 Å². The van der Waals surface area contributed by atoms with Crippen LogP contribution in [0.2, 0.25) is 0 Å². The first-order valence-corrected chi connectivity index (χ1v) is 12.1. The summed E-state index contributed by atoms with van der Waals surface area (Å²) in [5.74, 6) is 0.377. The molecule has 0 radical (unpaired) electrons. The van der Waals surface area contributed by atoms with E-state index in [1.807, 2.05) is 56.3 Å². The fourth-order valence-electron chi connectivity index (χ4n) is 2.81. The summed E-state index contributed by atoms with van der Waals surface area (Å²) in [4.78, 5) is 21.2. The molecule has 0 bridgehead atoms. The van der Waals surface area contributed by atoms with Gasteiger partial charge in [0.1, 0.15) is 11.3 Å². The van der Waals surface area contributed by atoms with Crippen LogP contribution in [0.25, 0.3) is 10.2 Å². The number of anilines is 1. The quantitative estimate of drug-likeness (QED) is 0.528. The lowest BCUT2D eigenvalue weighted by atomic mass is 10.2. The number of ether oxygens (including phenoxy) is 1. The zero-order valence-corrected chi connectivity index (χ0v) is 19.1. The van der Waals surface area contributed by atoms with Crippen LogP contribution >= 0.6 is 11.3 Å². The highest BCUT2D eigenvalue weighted by Crippen LogP contribution is 2.32. The number of carbonyl (C=O) groups excluding carboxylic acids is 1. The van der Waals surface area contributed by atoms with E-state index in [0.717, 1.165) is 16.5 Å². The predicted molar refractivity (Wildman–Crippen MR) is 120 cm³/mol. The van der Waals surface area contributed by atoms with Gasteiger partial charge < -0.3 is 9.64 Å². The van der Waals surface area contributed by atoms with Gasteiger partial charge in [-0.1, -0.05) is 35.1 Å². The van der Waals surface area contributed by atoms with Crippen LogP contribution in [-0.2, 0) is 14.6 Å². The monoisotopic (exact) mass is 447 g/mol. The number of rotatable bonds is 8. The largest absolute Gasteiger partial charge is 0.484 e. The zero-order valence-electron chi connectivity index (χ0n) is 17.5. The molecule has 0 aliphatic carbocycles. The van der Waals surface area contributed by atoms with Gasteiger partial charge in [-0.05, 0) is 45.3 Å². The van der Waals surface area contributed by atoms with Gasteiger partial charge in [-0.2, -0.15) is 0 Å². The van der Waals surface area contributed by atoms with Crippen LogP contribution in [0.3, 0.4) is 0 Å². The van der Waals surface area contributed by atoms with Gasteiger partial charge in [0, 0.05) is 19.3 Å². The average Bonchev–Trinajstić information content (AvgIpc) is 3.10. The molecule has 0 N–H and O–H groups in total. The van der Waals surface area contributed by atoms with Crippen molar-refractivity contribution in [1.29, 1.82) is 0 Å². The summed E-state index contributed by atoms with van der Waals surface area (Å²) in [5.41, 5.74) is 1.50. The minimum atomic E-state index is -3.43. The van der Waals surface area contributed by atoms with E-state index in [2.05, 4.69) is 4.98 Å². The van der Waals surface area contributed by atoms with Crippen molar-refractivity contribution in [3.63, 3.8) is 0 Å². The number of aromatic nitrogens is 1. The van der Waals surface area contributed by atoms with E-state index in [0.29, 0.717) is 29.5 Å². The Bertz CT molecular complexity index is 1140. The van der Waals surface area contributed by atoms with E-state index >= 15 is 0 Å². The molecule has 7 nitrogen and oxygen atoms in total. The number of likely N-dealkylation sites (N-methyl/N-ethyl adjacent to an activating group) is 1. The van der Waals surface area contributed by atoms with Gasteiger partial charge in [0.2, 0.25) is 0 Å². The summed E-state index contributed by atoms with van der Waals surface area (Å²) in [5, 5.41) is 0.459. The number of sulfone groups is 1. The minimum absolute atomic E-state index is 0.134. The van der Waals surface area contributed by atoms with Crippen molar-refractivity contribution in [1.82, 2.24) is 9.88 Å². The Morgan fingerprint density at radius 2 is 1.80 bits per heavy atom. The number of carbonyl (C=O) groups is 1. The lowest BCUT2D eigenvalue weighted by molar-refractivity contribution is -0.120. The number of aryl methyl sites for hydroxylation is 1. The number of thiazole rings is 1. The molecule has 0 aliphatic rings. The number of amides is 1. The van der Waals surface area contributed by atoms with E-state index < -0.39 is 9.84 Å². The summed E-state index contributed by atoms with van der Waals surface area (Å²) in [6.07, 6.45) is 1.16. The zero-order chi connectivity index (χ0) is 21.9. The number of nitrogens with zero attached hydrogens (tertiary/aromatic N) is 3.